The van der Waals surface area contributed by atoms with Crippen molar-refractivity contribution in [2.24, 2.45) is 0 Å². The number of methoxy groups -OCH3 is 2. The predicted octanol–water partition coefficient (Wildman–Crippen LogP) is 3.35. The molecule has 1 aliphatic rings. The van der Waals surface area contributed by atoms with Crippen molar-refractivity contribution in [3.63, 3.8) is 0 Å². The molecule has 0 amide bonds. The molecule has 1 aromatic rings. The minimum Gasteiger partial charge on any atom is -0.353 e. The Balaban J connectivity index is 2.23. The first-order chi connectivity index (χ1) is 9.01. The summed E-state index contributed by atoms with van der Waals surface area (Å²) < 4.78 is 10.8. The molecule has 0 spiro atoms. The van der Waals surface area contributed by atoms with Gasteiger partial charge in [0.15, 0.2) is 5.79 Å². The van der Waals surface area contributed by atoms with E-state index in [0.29, 0.717) is 18.8 Å². The number of hydrogen-bond donors (Lipinski definition) is 0. The van der Waals surface area contributed by atoms with Crippen molar-refractivity contribution in [1.82, 2.24) is 0 Å². The number of ether oxygens (including phenoxy) is 2. The first kappa shape index (κ1) is 14.0. The van der Waals surface area contributed by atoms with Gasteiger partial charge in [0, 0.05) is 27.1 Å². The lowest BCUT2D eigenvalue weighted by Gasteiger charge is -2.50. The van der Waals surface area contributed by atoms with Crippen molar-refractivity contribution in [3.05, 3.63) is 35.4 Å². The molecule has 1 saturated carbocycles. The molecule has 1 aliphatic carbocycles. The summed E-state index contributed by atoms with van der Waals surface area (Å²) in [5, 5.41) is 9.53. The van der Waals surface area contributed by atoms with Crippen LogP contribution in [0.4, 0.5) is 0 Å². The smallest absolute Gasteiger partial charge is 0.171 e. The molecule has 1 aromatic carbocycles. The molecule has 0 heterocycles. The predicted molar refractivity (Wildman–Crippen MR) is 73.8 cm³/mol. The second-order valence-corrected chi connectivity index (χ2v) is 5.64. The third-order valence-corrected chi connectivity index (χ3v) is 4.23. The van der Waals surface area contributed by atoms with Gasteiger partial charge in [0.05, 0.1) is 11.5 Å². The van der Waals surface area contributed by atoms with Gasteiger partial charge in [0.25, 0.3) is 0 Å². The van der Waals surface area contributed by atoms with Crippen molar-refractivity contribution in [3.8, 4) is 6.07 Å². The maximum Gasteiger partial charge on any atom is 0.171 e. The number of hydrogen-bond acceptors (Lipinski definition) is 3. The normalized spacial score (nSPS) is 19.8. The highest BCUT2D eigenvalue weighted by Gasteiger charge is 2.57. The minimum atomic E-state index is -0.591. The van der Waals surface area contributed by atoms with E-state index < -0.39 is 11.2 Å². The maximum atomic E-state index is 9.53. The van der Waals surface area contributed by atoms with Crippen LogP contribution in [0.3, 0.4) is 0 Å². The molecule has 1 fully saturated rings. The van der Waals surface area contributed by atoms with Gasteiger partial charge < -0.3 is 9.47 Å². The number of nitrogens with zero attached hydrogens (tertiary/aromatic N) is 1. The van der Waals surface area contributed by atoms with Crippen LogP contribution in [0.15, 0.2) is 24.3 Å². The maximum absolute atomic E-state index is 9.53. The molecule has 3 heteroatoms. The largest absolute Gasteiger partial charge is 0.353 e. The summed E-state index contributed by atoms with van der Waals surface area (Å²) in [4.78, 5) is 0. The van der Waals surface area contributed by atoms with Gasteiger partial charge in [-0.3, -0.25) is 0 Å². The molecule has 0 radical (unpaired) electrons. The lowest BCUT2D eigenvalue weighted by atomic mass is 9.61. The van der Waals surface area contributed by atoms with E-state index in [0.717, 1.165) is 5.56 Å². The second-order valence-electron chi connectivity index (χ2n) is 5.64. The highest BCUT2D eigenvalue weighted by atomic mass is 16.7. The molecule has 0 aromatic heterocycles. The number of rotatable bonds is 4. The lowest BCUT2D eigenvalue weighted by Crippen LogP contribution is -2.56. The van der Waals surface area contributed by atoms with Crippen molar-refractivity contribution in [1.29, 1.82) is 5.26 Å². The Hall–Kier alpha value is -1.37. The number of nitriles is 1. The van der Waals surface area contributed by atoms with E-state index >= 15 is 0 Å². The van der Waals surface area contributed by atoms with Gasteiger partial charge in [0.1, 0.15) is 0 Å². The van der Waals surface area contributed by atoms with Gasteiger partial charge in [-0.1, -0.05) is 38.1 Å². The van der Waals surface area contributed by atoms with Crippen LogP contribution in [0.5, 0.6) is 0 Å². The molecule has 0 aliphatic heterocycles. The summed E-state index contributed by atoms with van der Waals surface area (Å²) in [6, 6.07) is 10.8. The zero-order valence-electron chi connectivity index (χ0n) is 12.1. The Morgan fingerprint density at radius 2 is 1.63 bits per heavy atom. The minimum absolute atomic E-state index is 0.471. The SMILES string of the molecule is COC1(OC)CC(C#N)(c2ccc(C(C)C)cc2)C1. The molecule has 0 saturated heterocycles. The summed E-state index contributed by atoms with van der Waals surface area (Å²) in [5.74, 6) is -0.0857. The standard InChI is InChI=1S/C16H21NO2/c1-12(2)13-5-7-14(8-6-13)15(11-17)9-16(10-15,18-3)19-4/h5-8,12H,9-10H2,1-4H3. The van der Waals surface area contributed by atoms with Gasteiger partial charge in [-0.25, -0.2) is 0 Å². The van der Waals surface area contributed by atoms with E-state index in [2.05, 4.69) is 44.2 Å². The summed E-state index contributed by atoms with van der Waals surface area (Å²) in [5.41, 5.74) is 1.88. The zero-order valence-corrected chi connectivity index (χ0v) is 12.1. The highest BCUT2D eigenvalue weighted by molar-refractivity contribution is 5.39. The van der Waals surface area contributed by atoms with E-state index in [-0.39, 0.29) is 0 Å². The van der Waals surface area contributed by atoms with Crippen LogP contribution >= 0.6 is 0 Å². The average Bonchev–Trinajstić information content (AvgIpc) is 2.40. The first-order valence-corrected chi connectivity index (χ1v) is 6.63. The summed E-state index contributed by atoms with van der Waals surface area (Å²) in [6.07, 6.45) is 1.18. The van der Waals surface area contributed by atoms with Crippen molar-refractivity contribution < 1.29 is 9.47 Å². The quantitative estimate of drug-likeness (QED) is 0.779. The third-order valence-electron chi connectivity index (χ3n) is 4.23. The molecule has 0 unspecified atom stereocenters. The van der Waals surface area contributed by atoms with Crippen molar-refractivity contribution >= 4 is 0 Å². The van der Waals surface area contributed by atoms with E-state index in [1.54, 1.807) is 14.2 Å². The fraction of sp³-hybridized carbons (Fsp3) is 0.562. The highest BCUT2D eigenvalue weighted by Crippen LogP contribution is 2.52. The van der Waals surface area contributed by atoms with Crippen LogP contribution in [0.25, 0.3) is 0 Å². The third kappa shape index (κ3) is 2.27. The molecule has 19 heavy (non-hydrogen) atoms. The second kappa shape index (κ2) is 4.96. The summed E-state index contributed by atoms with van der Waals surface area (Å²) in [6.45, 7) is 4.33. The summed E-state index contributed by atoms with van der Waals surface area (Å²) in [7, 11) is 3.26. The van der Waals surface area contributed by atoms with Crippen molar-refractivity contribution in [2.45, 2.75) is 43.8 Å². The zero-order chi connectivity index (χ0) is 14.1. The van der Waals surface area contributed by atoms with E-state index in [4.69, 9.17) is 9.47 Å². The molecule has 0 bridgehead atoms. The topological polar surface area (TPSA) is 42.2 Å². The van der Waals surface area contributed by atoms with Crippen LogP contribution in [0, 0.1) is 11.3 Å². The fourth-order valence-corrected chi connectivity index (χ4v) is 2.77. The molecular weight excluding hydrogens is 238 g/mol. The van der Waals surface area contributed by atoms with Crippen LogP contribution in [-0.2, 0) is 14.9 Å². The van der Waals surface area contributed by atoms with E-state index in [1.165, 1.54) is 5.56 Å². The first-order valence-electron chi connectivity index (χ1n) is 6.63. The Morgan fingerprint density at radius 3 is 2.00 bits per heavy atom. The Kier molecular flexibility index (Phi) is 3.66. The van der Waals surface area contributed by atoms with Gasteiger partial charge in [-0.2, -0.15) is 5.26 Å². The van der Waals surface area contributed by atoms with Crippen LogP contribution in [0.2, 0.25) is 0 Å². The van der Waals surface area contributed by atoms with E-state index in [9.17, 15) is 5.26 Å². The molecule has 0 atom stereocenters. The lowest BCUT2D eigenvalue weighted by molar-refractivity contribution is -0.269. The van der Waals surface area contributed by atoms with E-state index in [1.807, 2.05) is 0 Å². The molecule has 0 N–H and O–H groups in total. The molecule has 3 nitrogen and oxygen atoms in total. The Labute approximate surface area is 115 Å². The average molecular weight is 259 g/mol. The van der Waals surface area contributed by atoms with Crippen LogP contribution < -0.4 is 0 Å². The van der Waals surface area contributed by atoms with Crippen LogP contribution in [0.1, 0.15) is 43.7 Å². The van der Waals surface area contributed by atoms with Gasteiger partial charge in [0.2, 0.25) is 0 Å². The van der Waals surface area contributed by atoms with Gasteiger partial charge in [-0.05, 0) is 17.0 Å². The summed E-state index contributed by atoms with van der Waals surface area (Å²) >= 11 is 0. The molecule has 2 rings (SSSR count). The Bertz CT molecular complexity index is 472. The Morgan fingerprint density at radius 1 is 1.11 bits per heavy atom. The van der Waals surface area contributed by atoms with Gasteiger partial charge >= 0.3 is 0 Å². The fourth-order valence-electron chi connectivity index (χ4n) is 2.77. The van der Waals surface area contributed by atoms with Gasteiger partial charge in [-0.15, -0.1) is 0 Å². The monoisotopic (exact) mass is 259 g/mol. The van der Waals surface area contributed by atoms with Crippen LogP contribution in [-0.4, -0.2) is 20.0 Å². The van der Waals surface area contributed by atoms with Crippen molar-refractivity contribution in [2.75, 3.05) is 14.2 Å². The number of benzene rings is 1. The molecule has 102 valence electrons. The molecular formula is C16H21NO2.